The van der Waals surface area contributed by atoms with Gasteiger partial charge in [0.1, 0.15) is 18.7 Å². The number of alkyl carbamates (subject to hydrolysis) is 1. The number of hydrogen-bond donors (Lipinski definition) is 3. The molecule has 2 aromatic carbocycles. The normalized spacial score (nSPS) is 21.3. The first-order valence-corrected chi connectivity index (χ1v) is 17.5. The quantitative estimate of drug-likeness (QED) is 0.273. The number of carbonyl (C=O) groups excluding carboxylic acids is 5. The largest absolute Gasteiger partial charge is 0.445 e. The number of nitrogens with zero attached hydrogens (tertiary/aromatic N) is 2. The van der Waals surface area contributed by atoms with Crippen LogP contribution in [0.5, 0.6) is 0 Å². The van der Waals surface area contributed by atoms with Crippen molar-refractivity contribution in [1.82, 2.24) is 20.9 Å². The number of benzene rings is 2. The summed E-state index contributed by atoms with van der Waals surface area (Å²) in [5.74, 6) is -2.55. The number of hydrogen-bond acceptors (Lipinski definition) is 8. The summed E-state index contributed by atoms with van der Waals surface area (Å²) in [4.78, 5) is 74.9. The van der Waals surface area contributed by atoms with E-state index in [0.717, 1.165) is 28.4 Å². The Morgan fingerprint density at radius 2 is 1.80 bits per heavy atom. The first kappa shape index (κ1) is 36.0. The summed E-state index contributed by atoms with van der Waals surface area (Å²) in [6.07, 6.45) is 2.06. The van der Waals surface area contributed by atoms with Crippen LogP contribution >= 0.6 is 15.9 Å². The highest BCUT2D eigenvalue weighted by Crippen LogP contribution is 2.40. The second-order valence-electron chi connectivity index (χ2n) is 14.2. The smallest absolute Gasteiger partial charge is 0.408 e. The fourth-order valence-electron chi connectivity index (χ4n) is 6.12. The van der Waals surface area contributed by atoms with Crippen molar-refractivity contribution in [3.63, 3.8) is 0 Å². The zero-order chi connectivity index (χ0) is 35.3. The van der Waals surface area contributed by atoms with Crippen molar-refractivity contribution in [3.8, 4) is 0 Å². The maximum Gasteiger partial charge on any atom is 0.408 e. The minimum atomic E-state index is -1.08. The zero-order valence-electron chi connectivity index (χ0n) is 28.3. The van der Waals surface area contributed by atoms with Crippen LogP contribution in [0.1, 0.15) is 77.3 Å². The van der Waals surface area contributed by atoms with Crippen molar-refractivity contribution in [3.05, 3.63) is 70.2 Å². The van der Waals surface area contributed by atoms with E-state index in [1.807, 2.05) is 82.3 Å². The van der Waals surface area contributed by atoms with Crippen molar-refractivity contribution in [2.24, 2.45) is 10.6 Å². The van der Waals surface area contributed by atoms with Crippen LogP contribution in [0.2, 0.25) is 0 Å². The monoisotopic (exact) mass is 737 g/mol. The number of Topliss-reactive ketones (excluding diaryl/α,β-unsaturated/α-hetero) is 1. The lowest BCUT2D eigenvalue weighted by Crippen LogP contribution is -2.59. The van der Waals surface area contributed by atoms with E-state index in [1.54, 1.807) is 0 Å². The number of rotatable bonds is 12. The Labute approximate surface area is 294 Å². The van der Waals surface area contributed by atoms with Gasteiger partial charge in [0, 0.05) is 28.9 Å². The van der Waals surface area contributed by atoms with Gasteiger partial charge in [0.2, 0.25) is 17.6 Å². The van der Waals surface area contributed by atoms with Gasteiger partial charge in [0.25, 0.3) is 5.91 Å². The van der Waals surface area contributed by atoms with Gasteiger partial charge in [-0.15, -0.1) is 0 Å². The van der Waals surface area contributed by atoms with Gasteiger partial charge in [-0.3, -0.25) is 19.2 Å². The Kier molecular flexibility index (Phi) is 11.1. The Balaban J connectivity index is 1.38. The molecule has 1 spiro atoms. The molecule has 12 nitrogen and oxygen atoms in total. The van der Waals surface area contributed by atoms with Gasteiger partial charge in [-0.05, 0) is 42.4 Å². The van der Waals surface area contributed by atoms with Crippen molar-refractivity contribution in [1.29, 1.82) is 0 Å². The minimum absolute atomic E-state index is 0.00675. The van der Waals surface area contributed by atoms with E-state index in [1.165, 1.54) is 4.90 Å². The van der Waals surface area contributed by atoms with Crippen molar-refractivity contribution in [2.45, 2.75) is 103 Å². The van der Waals surface area contributed by atoms with Gasteiger partial charge in [-0.1, -0.05) is 97.7 Å². The highest BCUT2D eigenvalue weighted by molar-refractivity contribution is 9.10. The van der Waals surface area contributed by atoms with Gasteiger partial charge >= 0.3 is 6.09 Å². The van der Waals surface area contributed by atoms with Crippen molar-refractivity contribution in [2.75, 3.05) is 6.54 Å². The van der Waals surface area contributed by atoms with Gasteiger partial charge in [-0.25, -0.2) is 4.79 Å². The average molecular weight is 739 g/mol. The molecule has 1 saturated heterocycles. The van der Waals surface area contributed by atoms with Crippen LogP contribution in [0, 0.1) is 5.41 Å². The molecule has 2 heterocycles. The number of nitrogens with one attached hydrogen (secondary N) is 3. The van der Waals surface area contributed by atoms with E-state index in [2.05, 4.69) is 37.0 Å². The number of likely N-dealkylation sites (tertiary alicyclic amines) is 1. The molecule has 3 N–H and O–H groups in total. The predicted octanol–water partition coefficient (Wildman–Crippen LogP) is 4.39. The predicted molar refractivity (Wildman–Crippen MR) is 185 cm³/mol. The second-order valence-corrected chi connectivity index (χ2v) is 15.1. The van der Waals surface area contributed by atoms with Crippen LogP contribution in [0.25, 0.3) is 0 Å². The first-order valence-electron chi connectivity index (χ1n) is 16.7. The molecule has 1 aliphatic carbocycles. The Bertz CT molecular complexity index is 1610. The fourth-order valence-corrected chi connectivity index (χ4v) is 6.52. The van der Waals surface area contributed by atoms with Crippen LogP contribution in [0.3, 0.4) is 0 Å². The summed E-state index contributed by atoms with van der Waals surface area (Å²) in [5, 5.41) is 12.6. The SMILES string of the molecule is CCC[C@@H](NC(=O)[C@@H]1C[C@]2(CC(c3cccc(Br)c3)=NO2)CN1C(=O)[C@@H](NC(=O)OCc1ccccc1)C(C)(C)C)C(=O)C(=O)NC1CC1. The third-order valence-corrected chi connectivity index (χ3v) is 9.41. The molecule has 1 saturated carbocycles. The molecule has 262 valence electrons. The fraction of sp³-hybridized carbons (Fsp3) is 0.500. The molecule has 3 aliphatic rings. The average Bonchev–Trinajstić information content (AvgIpc) is 3.66. The van der Waals surface area contributed by atoms with Crippen molar-refractivity contribution >= 4 is 51.2 Å². The van der Waals surface area contributed by atoms with E-state index < -0.39 is 58.7 Å². The van der Waals surface area contributed by atoms with Crippen LogP contribution in [-0.4, -0.2) is 76.5 Å². The molecule has 2 fully saturated rings. The summed E-state index contributed by atoms with van der Waals surface area (Å²) in [5.41, 5.74) is 0.480. The molecule has 0 aromatic heterocycles. The number of amides is 4. The van der Waals surface area contributed by atoms with Crippen LogP contribution < -0.4 is 16.0 Å². The van der Waals surface area contributed by atoms with E-state index in [9.17, 15) is 24.0 Å². The van der Waals surface area contributed by atoms with Gasteiger partial charge < -0.3 is 30.4 Å². The van der Waals surface area contributed by atoms with E-state index in [0.29, 0.717) is 18.6 Å². The maximum absolute atomic E-state index is 14.5. The highest BCUT2D eigenvalue weighted by atomic mass is 79.9. The van der Waals surface area contributed by atoms with E-state index in [-0.39, 0.29) is 32.0 Å². The van der Waals surface area contributed by atoms with Crippen LogP contribution in [0.4, 0.5) is 4.79 Å². The Morgan fingerprint density at radius 3 is 2.45 bits per heavy atom. The summed E-state index contributed by atoms with van der Waals surface area (Å²) in [6, 6.07) is 13.5. The van der Waals surface area contributed by atoms with E-state index >= 15 is 0 Å². The molecule has 0 unspecified atom stereocenters. The molecular weight excluding hydrogens is 694 g/mol. The molecule has 4 atom stereocenters. The van der Waals surface area contributed by atoms with Crippen molar-refractivity contribution < 1.29 is 33.5 Å². The third kappa shape index (κ3) is 9.05. The molecule has 13 heteroatoms. The van der Waals surface area contributed by atoms with E-state index in [4.69, 9.17) is 9.57 Å². The lowest BCUT2D eigenvalue weighted by atomic mass is 9.85. The summed E-state index contributed by atoms with van der Waals surface area (Å²) >= 11 is 3.49. The third-order valence-electron chi connectivity index (χ3n) is 8.92. The molecule has 4 amide bonds. The molecule has 2 aliphatic heterocycles. The first-order chi connectivity index (χ1) is 23.3. The molecule has 5 rings (SSSR count). The Hall–Kier alpha value is -4.26. The second kappa shape index (κ2) is 15.1. The van der Waals surface area contributed by atoms with Gasteiger partial charge in [0.15, 0.2) is 5.60 Å². The highest BCUT2D eigenvalue weighted by Gasteiger charge is 2.55. The lowest BCUT2D eigenvalue weighted by Gasteiger charge is -2.35. The summed E-state index contributed by atoms with van der Waals surface area (Å²) < 4.78 is 6.31. The van der Waals surface area contributed by atoms with Gasteiger partial charge in [0.05, 0.1) is 18.3 Å². The molecule has 2 aromatic rings. The summed E-state index contributed by atoms with van der Waals surface area (Å²) in [6.45, 7) is 7.30. The number of carbonyl (C=O) groups is 5. The number of ether oxygens (including phenoxy) is 1. The maximum atomic E-state index is 14.5. The summed E-state index contributed by atoms with van der Waals surface area (Å²) in [7, 11) is 0. The molecular formula is C36H44BrN5O7. The zero-order valence-corrected chi connectivity index (χ0v) is 29.9. The number of halogens is 1. The van der Waals surface area contributed by atoms with Gasteiger partial charge in [-0.2, -0.15) is 0 Å². The molecule has 0 bridgehead atoms. The standard InChI is InChI=1S/C36H44BrN5O7/c1-5-10-26(29(43)32(45)38-25-15-16-25)39-31(44)28-19-36(18-27(41-49-36)23-13-9-14-24(37)17-23)21-42(28)33(46)30(35(2,3)4)40-34(47)48-20-22-11-7-6-8-12-22/h6-9,11-14,17,25-26,28,30H,5,10,15-16,18-21H2,1-4H3,(H,38,45)(H,39,44)(H,40,47)/t26-,28+,30-,36-/m1/s1. The number of ketones is 1. The molecule has 49 heavy (non-hydrogen) atoms. The Morgan fingerprint density at radius 1 is 1.06 bits per heavy atom. The number of oxime groups is 1. The molecule has 0 radical (unpaired) electrons. The minimum Gasteiger partial charge on any atom is -0.445 e. The van der Waals surface area contributed by atoms with Crippen LogP contribution in [-0.2, 0) is 35.4 Å². The van der Waals surface area contributed by atoms with Crippen LogP contribution in [0.15, 0.2) is 64.2 Å². The topological polar surface area (TPSA) is 156 Å². The lowest BCUT2D eigenvalue weighted by molar-refractivity contribution is -0.144.